The predicted octanol–water partition coefficient (Wildman–Crippen LogP) is 1.58. The second-order valence-corrected chi connectivity index (χ2v) is 0.862. The minimum atomic E-state index is 0. The minimum absolute atomic E-state index is 0. The SMILES string of the molecule is C=[C-]C[CH-]C.[Y].[Y]. The van der Waals surface area contributed by atoms with E-state index in [0.29, 0.717) is 0 Å². The summed E-state index contributed by atoms with van der Waals surface area (Å²) >= 11 is 0. The van der Waals surface area contributed by atoms with Crippen LogP contribution in [0.3, 0.4) is 0 Å². The van der Waals surface area contributed by atoms with Crippen LogP contribution < -0.4 is 0 Å². The number of unbranched alkanes of at least 4 members (excludes halogenated alkanes) is 1. The van der Waals surface area contributed by atoms with E-state index < -0.39 is 0 Å². The Morgan fingerprint density at radius 2 is 2.00 bits per heavy atom. The Kier molecular flexibility index (Phi) is 35.8. The van der Waals surface area contributed by atoms with Crippen molar-refractivity contribution in [2.24, 2.45) is 0 Å². The fraction of sp³-hybridized carbons (Fsp3) is 0.400. The van der Waals surface area contributed by atoms with Gasteiger partial charge in [0.1, 0.15) is 0 Å². The molecule has 0 saturated heterocycles. The summed E-state index contributed by atoms with van der Waals surface area (Å²) in [6.45, 7) is 5.38. The van der Waals surface area contributed by atoms with E-state index in [9.17, 15) is 0 Å². The van der Waals surface area contributed by atoms with E-state index in [4.69, 9.17) is 0 Å². The Labute approximate surface area is 96.3 Å². The third kappa shape index (κ3) is 18.0. The molecule has 0 atom stereocenters. The molecule has 0 aromatic rings. The summed E-state index contributed by atoms with van der Waals surface area (Å²) in [5, 5.41) is 0. The van der Waals surface area contributed by atoms with Crippen molar-refractivity contribution in [1.82, 2.24) is 0 Å². The van der Waals surface area contributed by atoms with Crippen molar-refractivity contribution < 1.29 is 65.4 Å². The van der Waals surface area contributed by atoms with Crippen LogP contribution in [0.5, 0.6) is 0 Å². The number of hydrogen-bond acceptors (Lipinski definition) is 0. The molecule has 0 aliphatic heterocycles. The van der Waals surface area contributed by atoms with Gasteiger partial charge in [-0.05, 0) is 0 Å². The Morgan fingerprint density at radius 1 is 1.57 bits per heavy atom. The molecular weight excluding hydrogens is 238 g/mol. The molecule has 2 radical (unpaired) electrons. The van der Waals surface area contributed by atoms with E-state index in [-0.39, 0.29) is 65.4 Å². The molecule has 0 aliphatic carbocycles. The molecule has 0 bridgehead atoms. The predicted molar refractivity (Wildman–Crippen MR) is 23.5 cm³/mol. The van der Waals surface area contributed by atoms with Crippen LogP contribution in [0.1, 0.15) is 13.3 Å². The van der Waals surface area contributed by atoms with Gasteiger partial charge < -0.3 is 18.9 Å². The van der Waals surface area contributed by atoms with Crippen molar-refractivity contribution in [2.45, 2.75) is 13.3 Å². The van der Waals surface area contributed by atoms with Crippen LogP contribution in [-0.2, 0) is 65.4 Å². The summed E-state index contributed by atoms with van der Waals surface area (Å²) in [6, 6.07) is 0. The first-order valence-electron chi connectivity index (χ1n) is 1.69. The van der Waals surface area contributed by atoms with Crippen LogP contribution >= 0.6 is 0 Å². The summed E-state index contributed by atoms with van der Waals surface area (Å²) in [7, 11) is 0. The van der Waals surface area contributed by atoms with Crippen molar-refractivity contribution in [3.05, 3.63) is 19.1 Å². The topological polar surface area (TPSA) is 0 Å². The molecule has 0 unspecified atom stereocenters. The van der Waals surface area contributed by atoms with E-state index in [1.54, 1.807) is 0 Å². The quantitative estimate of drug-likeness (QED) is 0.649. The first-order chi connectivity index (χ1) is 2.41. The molecular formula is C5H8Y2-2. The van der Waals surface area contributed by atoms with E-state index in [1.807, 2.05) is 13.3 Å². The average Bonchev–Trinajstić information content (AvgIpc) is 1.41. The molecule has 0 rings (SSSR count). The summed E-state index contributed by atoms with van der Waals surface area (Å²) < 4.78 is 0. The second-order valence-electron chi connectivity index (χ2n) is 0.862. The van der Waals surface area contributed by atoms with E-state index >= 15 is 0 Å². The molecule has 0 aliphatic rings. The zero-order chi connectivity index (χ0) is 4.12. The van der Waals surface area contributed by atoms with Gasteiger partial charge in [-0.15, -0.1) is 0 Å². The molecule has 0 aromatic carbocycles. The van der Waals surface area contributed by atoms with Gasteiger partial charge in [-0.2, -0.15) is 6.92 Å². The fourth-order valence-electron chi connectivity index (χ4n) is 0.144. The van der Waals surface area contributed by atoms with E-state index in [2.05, 4.69) is 12.7 Å². The van der Waals surface area contributed by atoms with Gasteiger partial charge in [0, 0.05) is 65.4 Å². The Morgan fingerprint density at radius 3 is 2.00 bits per heavy atom. The van der Waals surface area contributed by atoms with Crippen molar-refractivity contribution in [3.63, 3.8) is 0 Å². The summed E-state index contributed by atoms with van der Waals surface area (Å²) in [5.74, 6) is 0. The van der Waals surface area contributed by atoms with Crippen molar-refractivity contribution in [1.29, 1.82) is 0 Å². The monoisotopic (exact) mass is 246 g/mol. The Balaban J connectivity index is -0.0000000800. The molecule has 36 valence electrons. The normalized spacial score (nSPS) is 5.29. The molecule has 7 heavy (non-hydrogen) atoms. The summed E-state index contributed by atoms with van der Waals surface area (Å²) in [5.41, 5.74) is 0. The zero-order valence-electron chi connectivity index (χ0n) is 4.65. The minimum Gasteiger partial charge on any atom is -0.534 e. The van der Waals surface area contributed by atoms with Gasteiger partial charge in [0.05, 0.1) is 0 Å². The molecule has 0 nitrogen and oxygen atoms in total. The van der Waals surface area contributed by atoms with Gasteiger partial charge in [-0.1, -0.05) is 0 Å². The average molecular weight is 246 g/mol. The van der Waals surface area contributed by atoms with Gasteiger partial charge in [-0.3, -0.25) is 6.58 Å². The Bertz CT molecular complexity index is 27.3. The first-order valence-corrected chi connectivity index (χ1v) is 1.69. The largest absolute Gasteiger partial charge is 0.534 e. The molecule has 2 heteroatoms. The van der Waals surface area contributed by atoms with Crippen LogP contribution in [-0.4, -0.2) is 0 Å². The van der Waals surface area contributed by atoms with Gasteiger partial charge in [0.2, 0.25) is 0 Å². The maximum atomic E-state index is 3.39. The van der Waals surface area contributed by atoms with E-state index in [1.165, 1.54) is 0 Å². The van der Waals surface area contributed by atoms with Crippen LogP contribution in [0.15, 0.2) is 6.58 Å². The third-order valence-corrected chi connectivity index (χ3v) is 0.348. The number of allylic oxidation sites excluding steroid dienone is 1. The van der Waals surface area contributed by atoms with Crippen molar-refractivity contribution in [2.75, 3.05) is 0 Å². The van der Waals surface area contributed by atoms with Gasteiger partial charge in [-0.25, -0.2) is 0 Å². The molecule has 0 spiro atoms. The molecule has 0 amide bonds. The van der Waals surface area contributed by atoms with Crippen molar-refractivity contribution in [3.8, 4) is 0 Å². The van der Waals surface area contributed by atoms with E-state index in [0.717, 1.165) is 6.42 Å². The van der Waals surface area contributed by atoms with Crippen LogP contribution in [0.2, 0.25) is 0 Å². The van der Waals surface area contributed by atoms with Crippen LogP contribution in [0.4, 0.5) is 0 Å². The standard InChI is InChI=1S/C5H8.2Y/c1-3-5-4-2;;/h4H,1,5H2,2H3;;/q-2;;. The Hall–Kier alpha value is 1.95. The number of hydrogen-bond donors (Lipinski definition) is 0. The van der Waals surface area contributed by atoms with Gasteiger partial charge in [0.15, 0.2) is 0 Å². The van der Waals surface area contributed by atoms with Crippen LogP contribution in [0, 0.1) is 12.5 Å². The van der Waals surface area contributed by atoms with Crippen LogP contribution in [0.25, 0.3) is 0 Å². The summed E-state index contributed by atoms with van der Waals surface area (Å²) in [6.07, 6.45) is 5.62. The maximum absolute atomic E-state index is 3.39. The van der Waals surface area contributed by atoms with Crippen molar-refractivity contribution >= 4 is 0 Å². The molecule has 0 aromatic heterocycles. The first kappa shape index (κ1) is 16.0. The summed E-state index contributed by atoms with van der Waals surface area (Å²) in [4.78, 5) is 0. The maximum Gasteiger partial charge on any atom is 0 e. The number of rotatable bonds is 2. The molecule has 0 fully saturated rings. The fourth-order valence-corrected chi connectivity index (χ4v) is 0.144. The smallest absolute Gasteiger partial charge is 0 e. The molecule has 0 heterocycles. The van der Waals surface area contributed by atoms with Gasteiger partial charge >= 0.3 is 0 Å². The second kappa shape index (κ2) is 15.7. The molecule has 0 N–H and O–H groups in total. The third-order valence-electron chi connectivity index (χ3n) is 0.348. The van der Waals surface area contributed by atoms with Gasteiger partial charge in [0.25, 0.3) is 0 Å². The molecule has 0 saturated carbocycles. The zero-order valence-corrected chi connectivity index (χ0v) is 10.3.